The Bertz CT molecular complexity index is 503. The van der Waals surface area contributed by atoms with Gasteiger partial charge in [0.05, 0.1) is 0 Å². The summed E-state index contributed by atoms with van der Waals surface area (Å²) in [7, 11) is 0. The molecule has 0 saturated carbocycles. The molecule has 2 nitrogen and oxygen atoms in total. The number of pyridine rings is 1. The van der Waals surface area contributed by atoms with Crippen LogP contribution in [0.15, 0.2) is 48.8 Å². The van der Waals surface area contributed by atoms with Crippen molar-refractivity contribution in [3.63, 3.8) is 0 Å². The third kappa shape index (κ3) is 3.40. The van der Waals surface area contributed by atoms with E-state index in [0.29, 0.717) is 0 Å². The van der Waals surface area contributed by atoms with Crippen LogP contribution >= 0.6 is 0 Å². The van der Waals surface area contributed by atoms with Crippen molar-refractivity contribution in [1.29, 1.82) is 0 Å². The zero-order valence-electron chi connectivity index (χ0n) is 10.2. The van der Waals surface area contributed by atoms with Crippen molar-refractivity contribution in [3.8, 4) is 0 Å². The fourth-order valence-electron chi connectivity index (χ4n) is 1.83. The Balaban J connectivity index is 1.95. The zero-order valence-corrected chi connectivity index (χ0v) is 10.2. The van der Waals surface area contributed by atoms with Crippen molar-refractivity contribution >= 4 is 10.8 Å². The molecule has 0 saturated heterocycles. The van der Waals surface area contributed by atoms with Gasteiger partial charge in [-0.05, 0) is 43.0 Å². The number of hydrogen-bond donors (Lipinski definition) is 1. The Kier molecular flexibility index (Phi) is 4.28. The highest BCUT2D eigenvalue weighted by atomic mass is 14.8. The number of nitrogens with one attached hydrogen (secondary N) is 1. The second-order valence-electron chi connectivity index (χ2n) is 4.09. The molecule has 0 atom stereocenters. The molecule has 2 aromatic rings. The van der Waals surface area contributed by atoms with Crippen LogP contribution in [0.2, 0.25) is 0 Å². The monoisotopic (exact) mass is 226 g/mol. The van der Waals surface area contributed by atoms with Gasteiger partial charge in [0.15, 0.2) is 0 Å². The lowest BCUT2D eigenvalue weighted by atomic mass is 10.1. The van der Waals surface area contributed by atoms with E-state index in [1.54, 1.807) is 0 Å². The number of rotatable bonds is 5. The first kappa shape index (κ1) is 11.8. The highest BCUT2D eigenvalue weighted by Gasteiger charge is 1.95. The number of fused-ring (bicyclic) bond motifs is 1. The molecule has 0 bridgehead atoms. The molecule has 1 N–H and O–H groups in total. The molecular formula is C15H18N2. The van der Waals surface area contributed by atoms with Crippen molar-refractivity contribution < 1.29 is 0 Å². The average Bonchev–Trinajstić information content (AvgIpc) is 2.38. The molecule has 0 aliphatic heterocycles. The molecular weight excluding hydrogens is 208 g/mol. The van der Waals surface area contributed by atoms with Gasteiger partial charge in [-0.3, -0.25) is 4.98 Å². The number of nitrogens with zero attached hydrogens (tertiary/aromatic N) is 1. The third-order valence-electron chi connectivity index (χ3n) is 2.76. The van der Waals surface area contributed by atoms with Gasteiger partial charge in [-0.25, -0.2) is 0 Å². The van der Waals surface area contributed by atoms with E-state index in [4.69, 9.17) is 0 Å². The lowest BCUT2D eigenvalue weighted by Gasteiger charge is -2.04. The lowest BCUT2D eigenvalue weighted by Crippen LogP contribution is -2.13. The van der Waals surface area contributed by atoms with Gasteiger partial charge in [0.1, 0.15) is 0 Å². The quantitative estimate of drug-likeness (QED) is 0.625. The van der Waals surface area contributed by atoms with Gasteiger partial charge in [0.25, 0.3) is 0 Å². The topological polar surface area (TPSA) is 24.9 Å². The Morgan fingerprint density at radius 3 is 3.06 bits per heavy atom. The summed E-state index contributed by atoms with van der Waals surface area (Å²) in [6, 6.07) is 8.57. The van der Waals surface area contributed by atoms with Crippen LogP contribution in [0.1, 0.15) is 18.9 Å². The zero-order chi connectivity index (χ0) is 11.9. The molecule has 17 heavy (non-hydrogen) atoms. The normalized spacial score (nSPS) is 11.4. The van der Waals surface area contributed by atoms with Crippen molar-refractivity contribution in [2.45, 2.75) is 19.9 Å². The van der Waals surface area contributed by atoms with Gasteiger partial charge in [0, 0.05) is 24.3 Å². The maximum Gasteiger partial charge on any atom is 0.0346 e. The predicted octanol–water partition coefficient (Wildman–Crippen LogP) is 3.29. The molecule has 0 aliphatic rings. The standard InChI is InChI=1S/C15H18N2/c1-2-3-4-8-16-11-13-5-6-15-12-17-9-7-14(15)10-13/h2-3,5-7,9-10,12,16H,4,8,11H2,1H3/b3-2+. The highest BCUT2D eigenvalue weighted by molar-refractivity contribution is 5.81. The van der Waals surface area contributed by atoms with Gasteiger partial charge in [0.2, 0.25) is 0 Å². The van der Waals surface area contributed by atoms with Gasteiger partial charge >= 0.3 is 0 Å². The largest absolute Gasteiger partial charge is 0.312 e. The Morgan fingerprint density at radius 1 is 1.24 bits per heavy atom. The van der Waals surface area contributed by atoms with Crippen LogP contribution in [0.4, 0.5) is 0 Å². The van der Waals surface area contributed by atoms with Crippen LogP contribution in [-0.2, 0) is 6.54 Å². The van der Waals surface area contributed by atoms with Gasteiger partial charge in [-0.15, -0.1) is 0 Å². The molecule has 0 spiro atoms. The Hall–Kier alpha value is -1.67. The molecule has 0 unspecified atom stereocenters. The summed E-state index contributed by atoms with van der Waals surface area (Å²) in [5.74, 6) is 0. The number of hydrogen-bond acceptors (Lipinski definition) is 2. The smallest absolute Gasteiger partial charge is 0.0346 e. The van der Waals surface area contributed by atoms with Gasteiger partial charge in [-0.2, -0.15) is 0 Å². The summed E-state index contributed by atoms with van der Waals surface area (Å²) in [5.41, 5.74) is 1.32. The fourth-order valence-corrected chi connectivity index (χ4v) is 1.83. The molecule has 1 heterocycles. The summed E-state index contributed by atoms with van der Waals surface area (Å²) in [4.78, 5) is 4.12. The van der Waals surface area contributed by atoms with Gasteiger partial charge < -0.3 is 5.32 Å². The molecule has 2 heteroatoms. The third-order valence-corrected chi connectivity index (χ3v) is 2.76. The molecule has 1 aromatic heterocycles. The summed E-state index contributed by atoms with van der Waals surface area (Å²) in [5, 5.41) is 5.89. The van der Waals surface area contributed by atoms with E-state index in [2.05, 4.69) is 53.6 Å². The second-order valence-corrected chi connectivity index (χ2v) is 4.09. The summed E-state index contributed by atoms with van der Waals surface area (Å²) in [6.07, 6.45) is 9.10. The lowest BCUT2D eigenvalue weighted by molar-refractivity contribution is 0.696. The molecule has 0 aliphatic carbocycles. The molecule has 88 valence electrons. The maximum absolute atomic E-state index is 4.12. The first-order valence-electron chi connectivity index (χ1n) is 6.04. The minimum Gasteiger partial charge on any atom is -0.312 e. The van der Waals surface area contributed by atoms with Gasteiger partial charge in [-0.1, -0.05) is 24.3 Å². The minimum atomic E-state index is 0.926. The van der Waals surface area contributed by atoms with Crippen LogP contribution in [-0.4, -0.2) is 11.5 Å². The summed E-state index contributed by atoms with van der Waals surface area (Å²) < 4.78 is 0. The molecule has 0 radical (unpaired) electrons. The molecule has 0 fully saturated rings. The van der Waals surface area contributed by atoms with Crippen molar-refractivity contribution in [1.82, 2.24) is 10.3 Å². The SMILES string of the molecule is C/C=C/CCNCc1ccc2cnccc2c1. The van der Waals surface area contributed by atoms with Crippen LogP contribution in [0, 0.1) is 0 Å². The molecule has 1 aromatic carbocycles. The maximum atomic E-state index is 4.12. The first-order chi connectivity index (χ1) is 8.40. The van der Waals surface area contributed by atoms with Crippen LogP contribution in [0.5, 0.6) is 0 Å². The molecule has 0 amide bonds. The highest BCUT2D eigenvalue weighted by Crippen LogP contribution is 2.14. The van der Waals surface area contributed by atoms with E-state index in [9.17, 15) is 0 Å². The van der Waals surface area contributed by atoms with E-state index >= 15 is 0 Å². The van der Waals surface area contributed by atoms with Crippen molar-refractivity contribution in [3.05, 3.63) is 54.4 Å². The summed E-state index contributed by atoms with van der Waals surface area (Å²) >= 11 is 0. The fraction of sp³-hybridized carbons (Fsp3) is 0.267. The van der Waals surface area contributed by atoms with Crippen LogP contribution < -0.4 is 5.32 Å². The van der Waals surface area contributed by atoms with Crippen LogP contribution in [0.3, 0.4) is 0 Å². The van der Waals surface area contributed by atoms with E-state index < -0.39 is 0 Å². The number of benzene rings is 1. The average molecular weight is 226 g/mol. The first-order valence-corrected chi connectivity index (χ1v) is 6.04. The van der Waals surface area contributed by atoms with E-state index in [1.165, 1.54) is 16.3 Å². The van der Waals surface area contributed by atoms with E-state index in [0.717, 1.165) is 19.5 Å². The molecule has 2 rings (SSSR count). The van der Waals surface area contributed by atoms with E-state index in [1.807, 2.05) is 12.4 Å². The van der Waals surface area contributed by atoms with Crippen molar-refractivity contribution in [2.24, 2.45) is 0 Å². The Labute approximate surface area is 102 Å². The minimum absolute atomic E-state index is 0.926. The summed E-state index contributed by atoms with van der Waals surface area (Å²) in [6.45, 7) is 4.01. The number of aromatic nitrogens is 1. The predicted molar refractivity (Wildman–Crippen MR) is 72.9 cm³/mol. The van der Waals surface area contributed by atoms with Crippen LogP contribution in [0.25, 0.3) is 10.8 Å². The second kappa shape index (κ2) is 6.16. The van der Waals surface area contributed by atoms with Crippen molar-refractivity contribution in [2.75, 3.05) is 6.54 Å². The van der Waals surface area contributed by atoms with E-state index in [-0.39, 0.29) is 0 Å². The number of allylic oxidation sites excluding steroid dienone is 1. The Morgan fingerprint density at radius 2 is 2.18 bits per heavy atom.